The lowest BCUT2D eigenvalue weighted by Gasteiger charge is -2.30. The van der Waals surface area contributed by atoms with Crippen molar-refractivity contribution >= 4 is 5.91 Å². The van der Waals surface area contributed by atoms with Crippen LogP contribution in [-0.2, 0) is 4.79 Å². The quantitative estimate of drug-likeness (QED) is 0.839. The number of aliphatic hydroxyl groups excluding tert-OH is 1. The Kier molecular flexibility index (Phi) is 5.35. The molecule has 20 heavy (non-hydrogen) atoms. The Bertz CT molecular complexity index is 452. The molecule has 5 heteroatoms. The number of carbonyl (C=O) groups is 1. The van der Waals surface area contributed by atoms with Gasteiger partial charge in [0.1, 0.15) is 11.6 Å². The van der Waals surface area contributed by atoms with Gasteiger partial charge in [-0.15, -0.1) is 0 Å². The highest BCUT2D eigenvalue weighted by molar-refractivity contribution is 5.76. The number of aliphatic hydroxyl groups is 1. The van der Waals surface area contributed by atoms with Gasteiger partial charge in [0.2, 0.25) is 5.91 Å². The number of hydrogen-bond acceptors (Lipinski definition) is 3. The molecular weight excluding hydrogens is 261 g/mol. The Morgan fingerprint density at radius 3 is 3.10 bits per heavy atom. The number of amides is 1. The number of benzene rings is 1. The summed E-state index contributed by atoms with van der Waals surface area (Å²) >= 11 is 0. The van der Waals surface area contributed by atoms with Gasteiger partial charge in [0.25, 0.3) is 0 Å². The molecule has 1 unspecified atom stereocenters. The lowest BCUT2D eigenvalue weighted by molar-refractivity contribution is -0.134. The summed E-state index contributed by atoms with van der Waals surface area (Å²) < 4.78 is 18.3. The largest absolute Gasteiger partial charge is 0.493 e. The van der Waals surface area contributed by atoms with Gasteiger partial charge in [-0.3, -0.25) is 4.79 Å². The fourth-order valence-electron chi connectivity index (χ4n) is 2.31. The molecule has 110 valence electrons. The van der Waals surface area contributed by atoms with Crippen LogP contribution in [0, 0.1) is 5.82 Å². The fourth-order valence-corrected chi connectivity index (χ4v) is 2.31. The van der Waals surface area contributed by atoms with Crippen molar-refractivity contribution in [3.05, 3.63) is 30.1 Å². The zero-order valence-corrected chi connectivity index (χ0v) is 11.4. The first-order valence-corrected chi connectivity index (χ1v) is 6.99. The summed E-state index contributed by atoms with van der Waals surface area (Å²) in [5.74, 6) is 0.193. The average Bonchev–Trinajstić information content (AvgIpc) is 2.43. The monoisotopic (exact) mass is 281 g/mol. The molecule has 2 rings (SSSR count). The first-order chi connectivity index (χ1) is 9.65. The molecule has 1 amide bonds. The van der Waals surface area contributed by atoms with Gasteiger partial charge in [-0.05, 0) is 31.4 Å². The third-order valence-corrected chi connectivity index (χ3v) is 3.35. The number of likely N-dealkylation sites (tertiary alicyclic amines) is 1. The average molecular weight is 281 g/mol. The van der Waals surface area contributed by atoms with Crippen molar-refractivity contribution in [2.75, 3.05) is 19.7 Å². The highest BCUT2D eigenvalue weighted by Gasteiger charge is 2.21. The van der Waals surface area contributed by atoms with Crippen LogP contribution in [-0.4, -0.2) is 41.7 Å². The molecule has 1 saturated heterocycles. The molecule has 4 nitrogen and oxygen atoms in total. The molecular formula is C15H20FNO3. The standard InChI is InChI=1S/C15H20FNO3/c16-12-4-1-6-14(10-12)20-9-3-7-15(19)17-8-2-5-13(18)11-17/h1,4,6,10,13,18H,2-3,5,7-9,11H2. The first kappa shape index (κ1) is 14.8. The summed E-state index contributed by atoms with van der Waals surface area (Å²) in [7, 11) is 0. The highest BCUT2D eigenvalue weighted by Crippen LogP contribution is 2.14. The maximum atomic E-state index is 12.9. The minimum absolute atomic E-state index is 0.0478. The number of halogens is 1. The number of nitrogens with zero attached hydrogens (tertiary/aromatic N) is 1. The number of hydrogen-bond donors (Lipinski definition) is 1. The van der Waals surface area contributed by atoms with Crippen molar-refractivity contribution in [1.29, 1.82) is 0 Å². The first-order valence-electron chi connectivity index (χ1n) is 6.99. The molecule has 1 N–H and O–H groups in total. The second-order valence-corrected chi connectivity index (χ2v) is 5.05. The van der Waals surface area contributed by atoms with E-state index in [2.05, 4.69) is 0 Å². The number of β-amino-alcohol motifs (C(OH)–C–C–N with tert-alkyl or cyclic N) is 1. The Morgan fingerprint density at radius 2 is 2.35 bits per heavy atom. The van der Waals surface area contributed by atoms with Crippen molar-refractivity contribution in [3.63, 3.8) is 0 Å². The predicted octanol–water partition coefficient (Wildman–Crippen LogP) is 1.97. The molecule has 0 saturated carbocycles. The Balaban J connectivity index is 1.66. The van der Waals surface area contributed by atoms with E-state index in [-0.39, 0.29) is 11.7 Å². The molecule has 0 spiro atoms. The van der Waals surface area contributed by atoms with Crippen LogP contribution in [0.25, 0.3) is 0 Å². The maximum Gasteiger partial charge on any atom is 0.222 e. The molecule has 1 aliphatic heterocycles. The number of piperidine rings is 1. The summed E-state index contributed by atoms with van der Waals surface area (Å²) in [6.45, 7) is 1.54. The fraction of sp³-hybridized carbons (Fsp3) is 0.533. The van der Waals surface area contributed by atoms with Gasteiger partial charge < -0.3 is 14.7 Å². The van der Waals surface area contributed by atoms with E-state index in [0.717, 1.165) is 19.4 Å². The van der Waals surface area contributed by atoms with Crippen LogP contribution in [0.1, 0.15) is 25.7 Å². The van der Waals surface area contributed by atoms with Crippen LogP contribution >= 0.6 is 0 Å². The third kappa shape index (κ3) is 4.49. The number of ether oxygens (including phenoxy) is 1. The second kappa shape index (κ2) is 7.24. The number of carbonyl (C=O) groups excluding carboxylic acids is 1. The van der Waals surface area contributed by atoms with Crippen molar-refractivity contribution in [2.24, 2.45) is 0 Å². The zero-order chi connectivity index (χ0) is 14.4. The van der Waals surface area contributed by atoms with E-state index in [1.165, 1.54) is 12.1 Å². The summed E-state index contributed by atoms with van der Waals surface area (Å²) in [5.41, 5.74) is 0. The molecule has 1 atom stereocenters. The van der Waals surface area contributed by atoms with Gasteiger partial charge in [-0.1, -0.05) is 6.07 Å². The van der Waals surface area contributed by atoms with Crippen LogP contribution in [0.3, 0.4) is 0 Å². The molecule has 1 fully saturated rings. The van der Waals surface area contributed by atoms with Crippen molar-refractivity contribution in [2.45, 2.75) is 31.8 Å². The zero-order valence-electron chi connectivity index (χ0n) is 11.4. The van der Waals surface area contributed by atoms with Crippen molar-refractivity contribution in [1.82, 2.24) is 4.90 Å². The topological polar surface area (TPSA) is 49.8 Å². The van der Waals surface area contributed by atoms with E-state index in [1.54, 1.807) is 17.0 Å². The van der Waals surface area contributed by atoms with Crippen LogP contribution in [0.2, 0.25) is 0 Å². The van der Waals surface area contributed by atoms with E-state index in [9.17, 15) is 14.3 Å². The van der Waals surface area contributed by atoms with Crippen LogP contribution < -0.4 is 4.74 Å². The summed E-state index contributed by atoms with van der Waals surface area (Å²) in [5, 5.41) is 9.52. The highest BCUT2D eigenvalue weighted by atomic mass is 19.1. The van der Waals surface area contributed by atoms with Gasteiger partial charge in [0, 0.05) is 25.6 Å². The second-order valence-electron chi connectivity index (χ2n) is 5.05. The smallest absolute Gasteiger partial charge is 0.222 e. The molecule has 1 heterocycles. The lowest BCUT2D eigenvalue weighted by Crippen LogP contribution is -2.42. The van der Waals surface area contributed by atoms with E-state index in [4.69, 9.17) is 4.74 Å². The Labute approximate surface area is 118 Å². The van der Waals surface area contributed by atoms with E-state index in [0.29, 0.717) is 31.7 Å². The van der Waals surface area contributed by atoms with Gasteiger partial charge in [0.05, 0.1) is 12.7 Å². The van der Waals surface area contributed by atoms with E-state index in [1.807, 2.05) is 0 Å². The Hall–Kier alpha value is -1.62. The van der Waals surface area contributed by atoms with E-state index >= 15 is 0 Å². The molecule has 0 radical (unpaired) electrons. The SMILES string of the molecule is O=C(CCCOc1cccc(F)c1)N1CCCC(O)C1. The van der Waals surface area contributed by atoms with Crippen molar-refractivity contribution < 1.29 is 19.0 Å². The minimum atomic E-state index is -0.392. The van der Waals surface area contributed by atoms with Gasteiger partial charge in [-0.2, -0.15) is 0 Å². The predicted molar refractivity (Wildman–Crippen MR) is 72.9 cm³/mol. The molecule has 1 aromatic rings. The third-order valence-electron chi connectivity index (χ3n) is 3.35. The van der Waals surface area contributed by atoms with Gasteiger partial charge in [-0.25, -0.2) is 4.39 Å². The van der Waals surface area contributed by atoms with Gasteiger partial charge >= 0.3 is 0 Å². The summed E-state index contributed by atoms with van der Waals surface area (Å²) in [6.07, 6.45) is 2.21. The van der Waals surface area contributed by atoms with E-state index < -0.39 is 6.10 Å². The Morgan fingerprint density at radius 1 is 1.50 bits per heavy atom. The minimum Gasteiger partial charge on any atom is -0.493 e. The van der Waals surface area contributed by atoms with Crippen LogP contribution in [0.4, 0.5) is 4.39 Å². The molecule has 1 aromatic carbocycles. The van der Waals surface area contributed by atoms with Gasteiger partial charge in [0.15, 0.2) is 0 Å². The number of rotatable bonds is 5. The molecule has 0 bridgehead atoms. The van der Waals surface area contributed by atoms with Crippen LogP contribution in [0.5, 0.6) is 5.75 Å². The molecule has 1 aliphatic rings. The summed E-state index contributed by atoms with van der Waals surface area (Å²) in [4.78, 5) is 13.6. The summed E-state index contributed by atoms with van der Waals surface area (Å²) in [6, 6.07) is 5.96. The maximum absolute atomic E-state index is 12.9. The normalized spacial score (nSPS) is 18.9. The lowest BCUT2D eigenvalue weighted by atomic mass is 10.1. The van der Waals surface area contributed by atoms with Crippen LogP contribution in [0.15, 0.2) is 24.3 Å². The molecule has 0 aromatic heterocycles. The van der Waals surface area contributed by atoms with Crippen molar-refractivity contribution in [3.8, 4) is 5.75 Å². The molecule has 0 aliphatic carbocycles.